The third-order valence-corrected chi connectivity index (χ3v) is 10.6. The molecule has 2 aromatic heterocycles. The summed E-state index contributed by atoms with van der Waals surface area (Å²) >= 11 is 24.8. The van der Waals surface area contributed by atoms with E-state index in [-0.39, 0.29) is 33.7 Å². The third kappa shape index (κ3) is 3.68. The van der Waals surface area contributed by atoms with Crippen LogP contribution in [0.5, 0.6) is 0 Å². The Kier molecular flexibility index (Phi) is 5.98. The van der Waals surface area contributed by atoms with Crippen LogP contribution < -0.4 is 0 Å². The lowest BCUT2D eigenvalue weighted by Crippen LogP contribution is -2.36. The molecule has 0 spiro atoms. The van der Waals surface area contributed by atoms with E-state index in [1.165, 1.54) is 6.92 Å². The fourth-order valence-corrected chi connectivity index (χ4v) is 9.55. The van der Waals surface area contributed by atoms with Gasteiger partial charge in [-0.05, 0) is 12.1 Å². The predicted octanol–water partition coefficient (Wildman–Crippen LogP) is 4.82. The number of rotatable bonds is 5. The Hall–Kier alpha value is 0.420. The highest BCUT2D eigenvalue weighted by Gasteiger charge is 2.39. The monoisotopic (exact) mass is 473 g/mol. The maximum Gasteiger partial charge on any atom is 0.258 e. The zero-order chi connectivity index (χ0) is 17.6. The second-order valence-corrected chi connectivity index (χ2v) is 12.4. The maximum atomic E-state index is 12.7. The average Bonchev–Trinajstić information content (AvgIpc) is 2.92. The van der Waals surface area contributed by atoms with Gasteiger partial charge in [0.15, 0.2) is 0 Å². The number of hydrogen-bond acceptors (Lipinski definition) is 6. The molecule has 0 aliphatic rings. The zero-order valence-corrected chi connectivity index (χ0v) is 17.4. The Morgan fingerprint density at radius 1 is 0.870 bits per heavy atom. The molecule has 13 heteroatoms. The summed E-state index contributed by atoms with van der Waals surface area (Å²) in [6, 6.07) is 2.20. The van der Waals surface area contributed by atoms with Gasteiger partial charge in [0.2, 0.25) is 0 Å². The Balaban J connectivity index is 2.63. The summed E-state index contributed by atoms with van der Waals surface area (Å²) in [5.74, 6) is 0. The number of halogens is 4. The molecule has 0 radical (unpaired) electrons. The fourth-order valence-electron chi connectivity index (χ4n) is 1.69. The lowest BCUT2D eigenvalue weighted by atomic mass is 10.7. The first-order chi connectivity index (χ1) is 10.5. The summed E-state index contributed by atoms with van der Waals surface area (Å²) < 4.78 is 51.0. The van der Waals surface area contributed by atoms with E-state index in [2.05, 4.69) is 0 Å². The van der Waals surface area contributed by atoms with Crippen molar-refractivity contribution in [1.29, 1.82) is 0 Å². The van der Waals surface area contributed by atoms with Gasteiger partial charge in [-0.25, -0.2) is 16.8 Å². The molecule has 0 fully saturated rings. The van der Waals surface area contributed by atoms with Gasteiger partial charge in [0.1, 0.15) is 18.5 Å². The van der Waals surface area contributed by atoms with Crippen LogP contribution in [0.2, 0.25) is 17.3 Å². The molecular formula is C10H7Cl4NO4S4. The van der Waals surface area contributed by atoms with E-state index in [9.17, 15) is 16.8 Å². The smallest absolute Gasteiger partial charge is 0.206 e. The minimum absolute atomic E-state index is 0.124. The zero-order valence-electron chi connectivity index (χ0n) is 11.1. The Bertz CT molecular complexity index is 871. The van der Waals surface area contributed by atoms with Crippen LogP contribution in [0.15, 0.2) is 21.9 Å². The average molecular weight is 475 g/mol. The second kappa shape index (κ2) is 6.97. The van der Waals surface area contributed by atoms with Gasteiger partial charge in [-0.15, -0.1) is 22.7 Å². The predicted molar refractivity (Wildman–Crippen MR) is 95.4 cm³/mol. The lowest BCUT2D eigenvalue weighted by molar-refractivity contribution is 0.506. The van der Waals surface area contributed by atoms with Gasteiger partial charge in [0.05, 0.1) is 8.67 Å². The van der Waals surface area contributed by atoms with E-state index >= 15 is 0 Å². The van der Waals surface area contributed by atoms with Crippen LogP contribution in [0.1, 0.15) is 6.92 Å². The second-order valence-electron chi connectivity index (χ2n) is 3.98. The largest absolute Gasteiger partial charge is 0.258 e. The Morgan fingerprint density at radius 3 is 1.43 bits per heavy atom. The van der Waals surface area contributed by atoms with Crippen LogP contribution in [0.25, 0.3) is 0 Å². The van der Waals surface area contributed by atoms with E-state index in [0.29, 0.717) is 3.71 Å². The van der Waals surface area contributed by atoms with Gasteiger partial charge >= 0.3 is 0 Å². The molecule has 0 aliphatic heterocycles. The summed E-state index contributed by atoms with van der Waals surface area (Å²) in [4.78, 5) is -0.755. The molecule has 0 bridgehead atoms. The molecule has 0 saturated carbocycles. The first-order valence-electron chi connectivity index (χ1n) is 5.69. The summed E-state index contributed by atoms with van der Waals surface area (Å²) in [6.45, 7) is 1.02. The van der Waals surface area contributed by atoms with Gasteiger partial charge in [-0.1, -0.05) is 57.0 Å². The standard InChI is InChI=1S/C10H7Cl4NO4S4/c1-2-15(22(16,17)5-3-7(11)20-9(5)13)23(18,19)6-4-8(12)21-10(6)14/h3-4H,2H2,1H3. The SMILES string of the molecule is CCN(S(=O)(=O)c1cc(Cl)sc1Cl)S(=O)(=O)c1cc(Cl)sc1Cl. The van der Waals surface area contributed by atoms with Crippen LogP contribution in [-0.4, -0.2) is 27.1 Å². The Morgan fingerprint density at radius 2 is 1.22 bits per heavy atom. The number of nitrogens with zero attached hydrogens (tertiary/aromatic N) is 1. The quantitative estimate of drug-likeness (QED) is 0.622. The van der Waals surface area contributed by atoms with Crippen molar-refractivity contribution in [1.82, 2.24) is 3.71 Å². The number of hydrogen-bond donors (Lipinski definition) is 0. The molecule has 0 atom stereocenters. The molecule has 0 unspecified atom stereocenters. The first kappa shape index (κ1) is 19.7. The molecule has 128 valence electrons. The van der Waals surface area contributed by atoms with Crippen molar-refractivity contribution in [3.05, 3.63) is 29.5 Å². The molecule has 0 saturated heterocycles. The topological polar surface area (TPSA) is 71.5 Å². The molecule has 2 heterocycles. The van der Waals surface area contributed by atoms with E-state index in [1.54, 1.807) is 0 Å². The van der Waals surface area contributed by atoms with Crippen LogP contribution in [0.4, 0.5) is 0 Å². The molecular weight excluding hydrogens is 468 g/mol. The molecule has 0 N–H and O–H groups in total. The van der Waals surface area contributed by atoms with Gasteiger partial charge < -0.3 is 0 Å². The van der Waals surface area contributed by atoms with Gasteiger partial charge in [-0.2, -0.15) is 0 Å². The summed E-state index contributed by atoms with van der Waals surface area (Å²) in [5.41, 5.74) is 0. The van der Waals surface area contributed by atoms with Crippen molar-refractivity contribution in [3.63, 3.8) is 0 Å². The molecule has 2 aromatic rings. The highest BCUT2D eigenvalue weighted by atomic mass is 35.5. The van der Waals surface area contributed by atoms with Crippen molar-refractivity contribution < 1.29 is 16.8 Å². The third-order valence-electron chi connectivity index (χ3n) is 2.60. The van der Waals surface area contributed by atoms with Crippen LogP contribution >= 0.6 is 69.1 Å². The van der Waals surface area contributed by atoms with Crippen molar-refractivity contribution >= 4 is 89.1 Å². The molecule has 23 heavy (non-hydrogen) atoms. The van der Waals surface area contributed by atoms with Crippen molar-refractivity contribution in [3.8, 4) is 0 Å². The van der Waals surface area contributed by atoms with E-state index in [1.807, 2.05) is 0 Å². The van der Waals surface area contributed by atoms with Crippen molar-refractivity contribution in [2.24, 2.45) is 0 Å². The molecule has 5 nitrogen and oxygen atoms in total. The summed E-state index contributed by atoms with van der Waals surface area (Å²) in [5, 5.41) is 0. The van der Waals surface area contributed by atoms with Crippen LogP contribution in [0.3, 0.4) is 0 Å². The van der Waals surface area contributed by atoms with E-state index in [0.717, 1.165) is 34.8 Å². The molecule has 2 rings (SSSR count). The summed E-state index contributed by atoms with van der Waals surface area (Å²) in [6.07, 6.45) is 0. The summed E-state index contributed by atoms with van der Waals surface area (Å²) in [7, 11) is -8.86. The fraction of sp³-hybridized carbons (Fsp3) is 0.200. The first-order valence-corrected chi connectivity index (χ1v) is 11.7. The van der Waals surface area contributed by atoms with Crippen molar-refractivity contribution in [2.75, 3.05) is 6.54 Å². The molecule has 0 aromatic carbocycles. The number of thiophene rings is 2. The van der Waals surface area contributed by atoms with Crippen molar-refractivity contribution in [2.45, 2.75) is 16.7 Å². The van der Waals surface area contributed by atoms with Gasteiger partial charge in [-0.3, -0.25) is 0 Å². The number of sulfonamides is 2. The maximum absolute atomic E-state index is 12.7. The van der Waals surface area contributed by atoms with Gasteiger partial charge in [0.25, 0.3) is 20.0 Å². The lowest BCUT2D eigenvalue weighted by Gasteiger charge is -2.19. The van der Waals surface area contributed by atoms with Gasteiger partial charge in [0, 0.05) is 6.54 Å². The highest BCUT2D eigenvalue weighted by Crippen LogP contribution is 2.40. The molecule has 0 aliphatic carbocycles. The highest BCUT2D eigenvalue weighted by molar-refractivity contribution is 8.04. The minimum Gasteiger partial charge on any atom is -0.206 e. The van der Waals surface area contributed by atoms with E-state index in [4.69, 9.17) is 46.4 Å². The minimum atomic E-state index is -4.43. The van der Waals surface area contributed by atoms with Crippen LogP contribution in [-0.2, 0) is 20.0 Å². The Labute approximate surface area is 161 Å². The van der Waals surface area contributed by atoms with E-state index < -0.39 is 20.0 Å². The molecule has 0 amide bonds. The van der Waals surface area contributed by atoms with Crippen LogP contribution in [0, 0.1) is 0 Å². The normalized spacial score (nSPS) is 13.0.